The van der Waals surface area contributed by atoms with E-state index in [1.54, 1.807) is 0 Å². The van der Waals surface area contributed by atoms with E-state index in [1.165, 1.54) is 0 Å². The minimum Gasteiger partial charge on any atom is -0.347 e. The highest BCUT2D eigenvalue weighted by Crippen LogP contribution is 2.26. The molecule has 0 spiro atoms. The molecule has 3 nitrogen and oxygen atoms in total. The van der Waals surface area contributed by atoms with E-state index in [0.29, 0.717) is 0 Å². The normalized spacial score (nSPS) is 13.2. The van der Waals surface area contributed by atoms with Crippen molar-refractivity contribution in [3.63, 3.8) is 0 Å². The highest BCUT2D eigenvalue weighted by Gasteiger charge is 2.26. The van der Waals surface area contributed by atoms with Crippen LogP contribution in [-0.4, -0.2) is 23.4 Å². The maximum Gasteiger partial charge on any atom is 0.182 e. The summed E-state index contributed by atoms with van der Waals surface area (Å²) in [5, 5.41) is 4.19. The molecule has 0 bridgehead atoms. The fraction of sp³-hybridized carbons (Fsp3) is 0.438. The van der Waals surface area contributed by atoms with Gasteiger partial charge in [-0.1, -0.05) is 32.0 Å². The van der Waals surface area contributed by atoms with Crippen molar-refractivity contribution < 1.29 is 4.79 Å². The van der Waals surface area contributed by atoms with Crippen molar-refractivity contribution in [2.45, 2.75) is 26.8 Å². The summed E-state index contributed by atoms with van der Waals surface area (Å²) in [7, 11) is 3.86. The molecule has 0 amide bonds. The summed E-state index contributed by atoms with van der Waals surface area (Å²) in [5.74, 6) is 0.461. The number of rotatable bonds is 4. The SMILES string of the molecule is CNC(C(=O)c1c(C)n(C)c2ccccc12)C(C)C. The number of likely N-dealkylation sites (N-methyl/N-ethyl adjacent to an activating group) is 1. The Labute approximate surface area is 114 Å². The van der Waals surface area contributed by atoms with Crippen molar-refractivity contribution in [1.82, 2.24) is 9.88 Å². The number of carbonyl (C=O) groups excluding carboxylic acids is 1. The maximum absolute atomic E-state index is 12.8. The van der Waals surface area contributed by atoms with Gasteiger partial charge in [0.25, 0.3) is 0 Å². The first-order chi connectivity index (χ1) is 8.99. The Bertz CT molecular complexity index is 610. The van der Waals surface area contributed by atoms with Gasteiger partial charge < -0.3 is 9.88 Å². The number of ketones is 1. The largest absolute Gasteiger partial charge is 0.347 e. The highest BCUT2D eigenvalue weighted by molar-refractivity contribution is 6.11. The van der Waals surface area contributed by atoms with Gasteiger partial charge in [-0.05, 0) is 26.0 Å². The van der Waals surface area contributed by atoms with Gasteiger partial charge in [-0.2, -0.15) is 0 Å². The van der Waals surface area contributed by atoms with Gasteiger partial charge in [0.15, 0.2) is 5.78 Å². The molecule has 0 saturated carbocycles. The number of hydrogen-bond donors (Lipinski definition) is 1. The van der Waals surface area contributed by atoms with Crippen LogP contribution in [0.3, 0.4) is 0 Å². The van der Waals surface area contributed by atoms with Crippen LogP contribution in [0.2, 0.25) is 0 Å². The van der Waals surface area contributed by atoms with Crippen molar-refractivity contribution in [2.24, 2.45) is 13.0 Å². The standard InChI is InChI=1S/C16H22N2O/c1-10(2)15(17-4)16(19)14-11(3)18(5)13-9-7-6-8-12(13)14/h6-10,15,17H,1-5H3. The van der Waals surface area contributed by atoms with E-state index >= 15 is 0 Å². The van der Waals surface area contributed by atoms with Crippen LogP contribution in [0.15, 0.2) is 24.3 Å². The molecule has 2 aromatic rings. The molecule has 0 aliphatic carbocycles. The predicted octanol–water partition coefficient (Wildman–Crippen LogP) is 2.91. The zero-order valence-corrected chi connectivity index (χ0v) is 12.3. The fourth-order valence-corrected chi connectivity index (χ4v) is 2.75. The lowest BCUT2D eigenvalue weighted by molar-refractivity contribution is 0.0923. The van der Waals surface area contributed by atoms with Gasteiger partial charge in [0, 0.05) is 29.2 Å². The summed E-state index contributed by atoms with van der Waals surface area (Å²) in [5.41, 5.74) is 3.00. The summed E-state index contributed by atoms with van der Waals surface area (Å²) in [6, 6.07) is 7.95. The summed E-state index contributed by atoms with van der Waals surface area (Å²) in [4.78, 5) is 12.8. The molecule has 0 aliphatic rings. The molecule has 102 valence electrons. The number of nitrogens with one attached hydrogen (secondary N) is 1. The van der Waals surface area contributed by atoms with Gasteiger partial charge in [0.05, 0.1) is 6.04 Å². The maximum atomic E-state index is 12.8. The van der Waals surface area contributed by atoms with E-state index in [1.807, 2.05) is 39.2 Å². The molecule has 1 atom stereocenters. The van der Waals surface area contributed by atoms with Crippen LogP contribution in [0.4, 0.5) is 0 Å². The zero-order valence-electron chi connectivity index (χ0n) is 12.3. The van der Waals surface area contributed by atoms with Crippen LogP contribution in [0, 0.1) is 12.8 Å². The van der Waals surface area contributed by atoms with Gasteiger partial charge >= 0.3 is 0 Å². The molecule has 19 heavy (non-hydrogen) atoms. The first-order valence-corrected chi connectivity index (χ1v) is 6.74. The number of hydrogen-bond acceptors (Lipinski definition) is 2. The van der Waals surface area contributed by atoms with Crippen LogP contribution in [0.1, 0.15) is 29.9 Å². The number of aromatic nitrogens is 1. The van der Waals surface area contributed by atoms with Gasteiger partial charge in [-0.3, -0.25) is 4.79 Å². The second-order valence-corrected chi connectivity index (χ2v) is 5.41. The molecule has 1 aromatic heterocycles. The van der Waals surface area contributed by atoms with Crippen molar-refractivity contribution in [3.8, 4) is 0 Å². The third kappa shape index (κ3) is 2.19. The molecule has 1 N–H and O–H groups in total. The first-order valence-electron chi connectivity index (χ1n) is 6.74. The molecule has 0 aliphatic heterocycles. The molecule has 1 heterocycles. The Kier molecular flexibility index (Phi) is 3.76. The molecule has 0 saturated heterocycles. The van der Waals surface area contributed by atoms with Crippen molar-refractivity contribution in [1.29, 1.82) is 0 Å². The lowest BCUT2D eigenvalue weighted by Gasteiger charge is -2.19. The third-order valence-corrected chi connectivity index (χ3v) is 3.91. The van der Waals surface area contributed by atoms with Crippen LogP contribution in [-0.2, 0) is 7.05 Å². The van der Waals surface area contributed by atoms with Crippen LogP contribution in [0.5, 0.6) is 0 Å². The molecule has 2 rings (SSSR count). The second-order valence-electron chi connectivity index (χ2n) is 5.41. The van der Waals surface area contributed by atoms with E-state index in [-0.39, 0.29) is 17.7 Å². The Morgan fingerprint density at radius 3 is 2.47 bits per heavy atom. The topological polar surface area (TPSA) is 34.0 Å². The number of fused-ring (bicyclic) bond motifs is 1. The predicted molar refractivity (Wildman–Crippen MR) is 79.7 cm³/mol. The molecule has 0 fully saturated rings. The minimum absolute atomic E-state index is 0.135. The van der Waals surface area contributed by atoms with E-state index in [2.05, 4.69) is 29.8 Å². The number of para-hydroxylation sites is 1. The van der Waals surface area contributed by atoms with Gasteiger partial charge in [0.1, 0.15) is 0 Å². The van der Waals surface area contributed by atoms with Gasteiger partial charge in [-0.25, -0.2) is 0 Å². The monoisotopic (exact) mass is 258 g/mol. The van der Waals surface area contributed by atoms with Crippen molar-refractivity contribution in [2.75, 3.05) is 7.05 Å². The molecular formula is C16H22N2O. The van der Waals surface area contributed by atoms with Crippen LogP contribution >= 0.6 is 0 Å². The molecular weight excluding hydrogens is 236 g/mol. The van der Waals surface area contributed by atoms with E-state index in [9.17, 15) is 4.79 Å². The van der Waals surface area contributed by atoms with Gasteiger partial charge in [-0.15, -0.1) is 0 Å². The number of carbonyl (C=O) groups is 1. The van der Waals surface area contributed by atoms with Crippen LogP contribution in [0.25, 0.3) is 10.9 Å². The Hall–Kier alpha value is -1.61. The van der Waals surface area contributed by atoms with Crippen molar-refractivity contribution in [3.05, 3.63) is 35.5 Å². The van der Waals surface area contributed by atoms with E-state index in [0.717, 1.165) is 22.2 Å². The number of benzene rings is 1. The van der Waals surface area contributed by atoms with Gasteiger partial charge in [0.2, 0.25) is 0 Å². The average Bonchev–Trinajstić information content (AvgIpc) is 2.63. The smallest absolute Gasteiger partial charge is 0.182 e. The fourth-order valence-electron chi connectivity index (χ4n) is 2.75. The minimum atomic E-state index is -0.135. The summed E-state index contributed by atoms with van der Waals surface area (Å²) >= 11 is 0. The van der Waals surface area contributed by atoms with Crippen molar-refractivity contribution >= 4 is 16.7 Å². The first kappa shape index (κ1) is 13.8. The van der Waals surface area contributed by atoms with E-state index in [4.69, 9.17) is 0 Å². The number of Topliss-reactive ketones (excluding diaryl/α,β-unsaturated/α-hetero) is 1. The molecule has 3 heteroatoms. The highest BCUT2D eigenvalue weighted by atomic mass is 16.1. The quantitative estimate of drug-likeness (QED) is 0.856. The Balaban J connectivity index is 2.62. The molecule has 1 aromatic carbocycles. The number of aryl methyl sites for hydroxylation is 1. The lowest BCUT2D eigenvalue weighted by atomic mass is 9.93. The Morgan fingerprint density at radius 2 is 1.89 bits per heavy atom. The average molecular weight is 258 g/mol. The summed E-state index contributed by atoms with van der Waals surface area (Å²) in [6.07, 6.45) is 0. The molecule has 0 radical (unpaired) electrons. The van der Waals surface area contributed by atoms with Crippen LogP contribution < -0.4 is 5.32 Å². The lowest BCUT2D eigenvalue weighted by Crippen LogP contribution is -2.38. The Morgan fingerprint density at radius 1 is 1.26 bits per heavy atom. The number of nitrogens with zero attached hydrogens (tertiary/aromatic N) is 1. The zero-order chi connectivity index (χ0) is 14.2. The summed E-state index contributed by atoms with van der Waals surface area (Å²) < 4.78 is 2.09. The molecule has 1 unspecified atom stereocenters. The van der Waals surface area contributed by atoms with E-state index < -0.39 is 0 Å². The second kappa shape index (κ2) is 5.17. The third-order valence-electron chi connectivity index (χ3n) is 3.91. The summed E-state index contributed by atoms with van der Waals surface area (Å²) in [6.45, 7) is 6.15.